The second-order valence-corrected chi connectivity index (χ2v) is 6.01. The van der Waals surface area contributed by atoms with Gasteiger partial charge >= 0.3 is 21.5 Å². The Morgan fingerprint density at radius 2 is 1.82 bits per heavy atom. The van der Waals surface area contributed by atoms with E-state index in [0.29, 0.717) is 5.56 Å². The molecule has 10 heteroatoms. The van der Waals surface area contributed by atoms with Crippen LogP contribution in [0.15, 0.2) is 24.3 Å². The van der Waals surface area contributed by atoms with E-state index < -0.39 is 33.4 Å². The third-order valence-electron chi connectivity index (χ3n) is 2.72. The Kier molecular flexibility index (Phi) is 5.89. The maximum Gasteiger partial charge on any atom is 0.511 e. The average molecular weight is 343 g/mol. The average Bonchev–Trinajstić information content (AvgIpc) is 2.43. The van der Waals surface area contributed by atoms with Crippen LogP contribution in [0.3, 0.4) is 0 Å². The predicted octanol–water partition coefficient (Wildman–Crippen LogP) is 1.74. The van der Waals surface area contributed by atoms with Crippen molar-refractivity contribution in [2.24, 2.45) is 0 Å². The van der Waals surface area contributed by atoms with Crippen molar-refractivity contribution in [3.63, 3.8) is 0 Å². The highest BCUT2D eigenvalue weighted by Crippen LogP contribution is 2.22. The van der Waals surface area contributed by atoms with Gasteiger partial charge in [-0.05, 0) is 30.5 Å². The number of rotatable bonds is 6. The van der Waals surface area contributed by atoms with Gasteiger partial charge in [0.2, 0.25) is 0 Å². The van der Waals surface area contributed by atoms with Crippen LogP contribution >= 0.6 is 0 Å². The summed E-state index contributed by atoms with van der Waals surface area (Å²) in [6.45, 7) is 0. The van der Waals surface area contributed by atoms with Crippen LogP contribution in [-0.4, -0.2) is 33.0 Å². The Morgan fingerprint density at radius 3 is 2.27 bits per heavy atom. The number of sulfonamides is 1. The van der Waals surface area contributed by atoms with E-state index in [9.17, 15) is 30.8 Å². The summed E-state index contributed by atoms with van der Waals surface area (Å²) in [6.07, 6.45) is -0.214. The number of ether oxygens (including phenoxy) is 1. The monoisotopic (exact) mass is 343 g/mol. The van der Waals surface area contributed by atoms with Gasteiger partial charge in [0, 0.05) is 0 Å². The van der Waals surface area contributed by atoms with Crippen LogP contribution in [-0.2, 0) is 26.0 Å². The number of hydrogen-bond donors (Lipinski definition) is 1. The first-order chi connectivity index (χ1) is 10.1. The van der Waals surface area contributed by atoms with Crippen molar-refractivity contribution in [1.82, 2.24) is 4.72 Å². The molecule has 0 aliphatic rings. The number of benzene rings is 1. The van der Waals surface area contributed by atoms with E-state index in [4.69, 9.17) is 0 Å². The topological polar surface area (TPSA) is 72.5 Å². The smallest absolute Gasteiger partial charge is 0.468 e. The van der Waals surface area contributed by atoms with Crippen molar-refractivity contribution in [2.75, 3.05) is 7.11 Å². The molecule has 0 heterocycles. The zero-order valence-electron chi connectivity index (χ0n) is 11.4. The third kappa shape index (κ3) is 4.95. The minimum absolute atomic E-state index is 0.0560. The summed E-state index contributed by atoms with van der Waals surface area (Å²) in [4.78, 5) is 11.4. The molecule has 1 aromatic rings. The van der Waals surface area contributed by atoms with Gasteiger partial charge in [-0.1, -0.05) is 12.1 Å². The lowest BCUT2D eigenvalue weighted by atomic mass is 10.1. The summed E-state index contributed by atoms with van der Waals surface area (Å²) in [7, 11) is -4.75. The van der Waals surface area contributed by atoms with Crippen molar-refractivity contribution in [1.29, 1.82) is 0 Å². The minimum atomic E-state index is -5.67. The molecule has 0 spiro atoms. The van der Waals surface area contributed by atoms with Gasteiger partial charge in [0.05, 0.1) is 7.11 Å². The van der Waals surface area contributed by atoms with Gasteiger partial charge < -0.3 is 4.74 Å². The molecule has 124 valence electrons. The maximum atomic E-state index is 12.7. The van der Waals surface area contributed by atoms with Crippen molar-refractivity contribution in [3.05, 3.63) is 35.6 Å². The molecule has 0 saturated heterocycles. The molecule has 0 fully saturated rings. The first-order valence-electron chi connectivity index (χ1n) is 5.97. The fraction of sp³-hybridized carbons (Fsp3) is 0.417. The molecule has 22 heavy (non-hydrogen) atoms. The fourth-order valence-electron chi connectivity index (χ4n) is 1.58. The van der Waals surface area contributed by atoms with E-state index >= 15 is 0 Å². The molecular formula is C12H13F4NO4S. The highest BCUT2D eigenvalue weighted by atomic mass is 32.2. The van der Waals surface area contributed by atoms with Crippen LogP contribution in [0.1, 0.15) is 12.0 Å². The Morgan fingerprint density at radius 1 is 1.27 bits per heavy atom. The molecule has 0 aromatic heterocycles. The first-order valence-corrected chi connectivity index (χ1v) is 7.46. The molecule has 0 bridgehead atoms. The van der Waals surface area contributed by atoms with Crippen molar-refractivity contribution in [3.8, 4) is 0 Å². The van der Waals surface area contributed by atoms with Crippen LogP contribution in [0.5, 0.6) is 0 Å². The SMILES string of the molecule is COC(=O)[C@H](CCc1ccc(F)cc1)NS(=O)(=O)C(F)(F)F. The zero-order valence-corrected chi connectivity index (χ0v) is 12.2. The van der Waals surface area contributed by atoms with Gasteiger partial charge in [-0.2, -0.15) is 17.9 Å². The Bertz CT molecular complexity index is 613. The number of carbonyl (C=O) groups is 1. The molecular weight excluding hydrogens is 330 g/mol. The van der Waals surface area contributed by atoms with E-state index in [1.54, 1.807) is 0 Å². The van der Waals surface area contributed by atoms with Crippen molar-refractivity contribution < 1.29 is 35.5 Å². The highest BCUT2D eigenvalue weighted by Gasteiger charge is 2.47. The van der Waals surface area contributed by atoms with Crippen molar-refractivity contribution in [2.45, 2.75) is 24.4 Å². The molecule has 5 nitrogen and oxygen atoms in total. The minimum Gasteiger partial charge on any atom is -0.468 e. The molecule has 1 N–H and O–H groups in total. The maximum absolute atomic E-state index is 12.7. The van der Waals surface area contributed by atoms with Gasteiger partial charge in [0.1, 0.15) is 11.9 Å². The Balaban J connectivity index is 2.82. The van der Waals surface area contributed by atoms with Gasteiger partial charge in [0.15, 0.2) is 0 Å². The highest BCUT2D eigenvalue weighted by molar-refractivity contribution is 7.90. The summed E-state index contributed by atoms with van der Waals surface area (Å²) in [5.41, 5.74) is -5.00. The van der Waals surface area contributed by atoms with Gasteiger partial charge in [-0.25, -0.2) is 12.8 Å². The van der Waals surface area contributed by atoms with Crippen LogP contribution < -0.4 is 4.72 Å². The molecule has 0 saturated carbocycles. The number of methoxy groups -OCH3 is 1. The van der Waals surface area contributed by atoms with E-state index in [1.807, 2.05) is 0 Å². The number of esters is 1. The third-order valence-corrected chi connectivity index (χ3v) is 3.93. The molecule has 1 rings (SSSR count). The van der Waals surface area contributed by atoms with Gasteiger partial charge in [-0.3, -0.25) is 4.79 Å². The van der Waals surface area contributed by atoms with E-state index in [-0.39, 0.29) is 12.8 Å². The van der Waals surface area contributed by atoms with Crippen molar-refractivity contribution >= 4 is 16.0 Å². The molecule has 0 unspecified atom stereocenters. The quantitative estimate of drug-likeness (QED) is 0.631. The van der Waals surface area contributed by atoms with Gasteiger partial charge in [0.25, 0.3) is 0 Å². The summed E-state index contributed by atoms with van der Waals surface area (Å²) in [5.74, 6) is -1.64. The summed E-state index contributed by atoms with van der Waals surface area (Å²) in [5, 5.41) is 0. The molecule has 1 atom stereocenters. The second-order valence-electron chi connectivity index (χ2n) is 4.31. The van der Waals surface area contributed by atoms with E-state index in [2.05, 4.69) is 4.74 Å². The molecule has 0 amide bonds. The standard InChI is InChI=1S/C12H13F4NO4S/c1-21-11(18)10(17-22(19,20)12(14,15)16)7-4-8-2-5-9(13)6-3-8/h2-3,5-6,10,17H,4,7H2,1H3/t10-/m0/s1. The van der Waals surface area contributed by atoms with Gasteiger partial charge in [-0.15, -0.1) is 0 Å². The van der Waals surface area contributed by atoms with Crippen LogP contribution in [0, 0.1) is 5.82 Å². The Labute approximate surface area is 124 Å². The van der Waals surface area contributed by atoms with Crippen LogP contribution in [0.25, 0.3) is 0 Å². The fourth-order valence-corrected chi connectivity index (χ4v) is 2.31. The van der Waals surface area contributed by atoms with Crippen LogP contribution in [0.4, 0.5) is 17.6 Å². The van der Waals surface area contributed by atoms with E-state index in [1.165, 1.54) is 16.9 Å². The summed E-state index contributed by atoms with van der Waals surface area (Å²) < 4.78 is 77.3. The lowest BCUT2D eigenvalue weighted by molar-refractivity contribution is -0.142. The lowest BCUT2D eigenvalue weighted by Gasteiger charge is -2.17. The van der Waals surface area contributed by atoms with Crippen LogP contribution in [0.2, 0.25) is 0 Å². The molecule has 0 aliphatic carbocycles. The number of carbonyl (C=O) groups excluding carboxylic acids is 1. The number of halogens is 4. The lowest BCUT2D eigenvalue weighted by Crippen LogP contribution is -2.47. The number of alkyl halides is 3. The zero-order chi connectivity index (χ0) is 17.0. The number of aryl methyl sites for hydroxylation is 1. The number of hydrogen-bond acceptors (Lipinski definition) is 4. The summed E-state index contributed by atoms with van der Waals surface area (Å²) >= 11 is 0. The van der Waals surface area contributed by atoms with E-state index in [0.717, 1.165) is 19.2 Å². The normalized spacial score (nSPS) is 13.7. The first kappa shape index (κ1) is 18.4. The number of nitrogens with one attached hydrogen (secondary N) is 1. The molecule has 0 radical (unpaired) electrons. The largest absolute Gasteiger partial charge is 0.511 e. The Hall–Kier alpha value is -1.68. The second kappa shape index (κ2) is 7.05. The molecule has 1 aromatic carbocycles. The predicted molar refractivity (Wildman–Crippen MR) is 68.6 cm³/mol. The summed E-state index contributed by atoms with van der Waals surface area (Å²) in [6, 6.07) is 3.34. The molecule has 0 aliphatic heterocycles.